The van der Waals surface area contributed by atoms with Gasteiger partial charge in [0.15, 0.2) is 0 Å². The van der Waals surface area contributed by atoms with Gasteiger partial charge in [-0.15, -0.1) is 0 Å². The summed E-state index contributed by atoms with van der Waals surface area (Å²) in [7, 11) is 1.52. The van der Waals surface area contributed by atoms with E-state index in [-0.39, 0.29) is 17.9 Å². The zero-order chi connectivity index (χ0) is 16.8. The lowest BCUT2D eigenvalue weighted by molar-refractivity contribution is 0.0691. The number of carbonyl (C=O) groups is 1. The molecule has 0 amide bonds. The molecule has 0 fully saturated rings. The summed E-state index contributed by atoms with van der Waals surface area (Å²) >= 11 is 0. The summed E-state index contributed by atoms with van der Waals surface area (Å²) in [5.74, 6) is 0.567. The zero-order valence-electron chi connectivity index (χ0n) is 13.5. The molecule has 2 rings (SSSR count). The second kappa shape index (κ2) is 7.54. The Morgan fingerprint density at radius 1 is 1.00 bits per heavy atom. The van der Waals surface area contributed by atoms with Crippen molar-refractivity contribution >= 4 is 5.97 Å². The van der Waals surface area contributed by atoms with Crippen LogP contribution in [0.5, 0.6) is 17.2 Å². The molecule has 122 valence electrons. The van der Waals surface area contributed by atoms with Crippen LogP contribution in [0.3, 0.4) is 0 Å². The molecule has 0 spiro atoms. The van der Waals surface area contributed by atoms with E-state index >= 15 is 0 Å². The Hall–Kier alpha value is -2.69. The predicted octanol–water partition coefficient (Wildman–Crippen LogP) is 3.47. The number of carboxylic acid groups (broad SMARTS) is 1. The number of rotatable bonds is 7. The summed E-state index contributed by atoms with van der Waals surface area (Å²) in [5.41, 5.74) is 2.26. The van der Waals surface area contributed by atoms with Gasteiger partial charge < -0.3 is 19.3 Å². The largest absolute Gasteiger partial charge is 0.497 e. The number of benzene rings is 2. The molecule has 0 aliphatic rings. The molecule has 0 aromatic heterocycles. The quantitative estimate of drug-likeness (QED) is 0.792. The van der Waals surface area contributed by atoms with Crippen LogP contribution in [0.1, 0.15) is 21.5 Å². The summed E-state index contributed by atoms with van der Waals surface area (Å²) in [6.45, 7) is 4.53. The van der Waals surface area contributed by atoms with Crippen LogP contribution in [0.2, 0.25) is 0 Å². The Kier molecular flexibility index (Phi) is 5.46. The van der Waals surface area contributed by atoms with Crippen LogP contribution in [0.25, 0.3) is 0 Å². The van der Waals surface area contributed by atoms with Crippen molar-refractivity contribution in [2.45, 2.75) is 13.8 Å². The van der Waals surface area contributed by atoms with Crippen molar-refractivity contribution in [3.05, 3.63) is 53.1 Å². The predicted molar refractivity (Wildman–Crippen MR) is 86.9 cm³/mol. The van der Waals surface area contributed by atoms with Gasteiger partial charge >= 0.3 is 5.97 Å². The summed E-state index contributed by atoms with van der Waals surface area (Å²) in [6.07, 6.45) is 0. The van der Waals surface area contributed by atoms with E-state index in [2.05, 4.69) is 0 Å². The van der Waals surface area contributed by atoms with E-state index in [1.165, 1.54) is 13.2 Å². The lowest BCUT2D eigenvalue weighted by atomic mass is 10.1. The fourth-order valence-corrected chi connectivity index (χ4v) is 2.09. The third-order valence-corrected chi connectivity index (χ3v) is 3.36. The third kappa shape index (κ3) is 4.39. The molecule has 5 nitrogen and oxygen atoms in total. The number of methoxy groups -OCH3 is 1. The van der Waals surface area contributed by atoms with Gasteiger partial charge in [-0.1, -0.05) is 12.1 Å². The summed E-state index contributed by atoms with van der Waals surface area (Å²) in [4.78, 5) is 11.2. The first-order valence-electron chi connectivity index (χ1n) is 7.25. The van der Waals surface area contributed by atoms with Crippen molar-refractivity contribution in [1.82, 2.24) is 0 Å². The van der Waals surface area contributed by atoms with Crippen molar-refractivity contribution in [2.24, 2.45) is 0 Å². The van der Waals surface area contributed by atoms with Crippen molar-refractivity contribution in [3.8, 4) is 17.2 Å². The maximum absolute atomic E-state index is 11.2. The minimum atomic E-state index is -1.04. The second-order valence-electron chi connectivity index (χ2n) is 5.13. The maximum atomic E-state index is 11.2. The van der Waals surface area contributed by atoms with E-state index in [0.29, 0.717) is 12.4 Å². The van der Waals surface area contributed by atoms with Gasteiger partial charge in [0.2, 0.25) is 0 Å². The van der Waals surface area contributed by atoms with Crippen molar-refractivity contribution < 1.29 is 24.1 Å². The molecule has 2 aromatic rings. The van der Waals surface area contributed by atoms with Gasteiger partial charge in [0.25, 0.3) is 0 Å². The number of ether oxygens (including phenoxy) is 3. The Balaban J connectivity index is 1.98. The van der Waals surface area contributed by atoms with E-state index in [0.717, 1.165) is 16.9 Å². The molecule has 0 bridgehead atoms. The highest BCUT2D eigenvalue weighted by atomic mass is 16.5. The van der Waals surface area contributed by atoms with Crippen molar-refractivity contribution in [1.29, 1.82) is 0 Å². The van der Waals surface area contributed by atoms with Crippen LogP contribution in [-0.4, -0.2) is 31.4 Å². The van der Waals surface area contributed by atoms with E-state index in [1.54, 1.807) is 12.1 Å². The van der Waals surface area contributed by atoms with Crippen LogP contribution in [0, 0.1) is 13.8 Å². The van der Waals surface area contributed by atoms with E-state index in [9.17, 15) is 9.90 Å². The summed E-state index contributed by atoms with van der Waals surface area (Å²) in [5, 5.41) is 9.18. The highest BCUT2D eigenvalue weighted by Gasteiger charge is 2.12. The highest BCUT2D eigenvalue weighted by molar-refractivity contribution is 5.91. The average Bonchev–Trinajstić information content (AvgIpc) is 2.54. The Morgan fingerprint density at radius 3 is 2.35 bits per heavy atom. The summed E-state index contributed by atoms with van der Waals surface area (Å²) < 4.78 is 16.3. The standard InChI is InChI=1S/C18H20O5/c1-12-4-5-13(2)16(10-12)22-8-9-23-17-11-14(21-3)6-7-15(17)18(19)20/h4-7,10-11H,8-9H2,1-3H3,(H,19,20). The lowest BCUT2D eigenvalue weighted by Crippen LogP contribution is -2.12. The Labute approximate surface area is 135 Å². The second-order valence-corrected chi connectivity index (χ2v) is 5.13. The molecule has 5 heteroatoms. The van der Waals surface area contributed by atoms with Crippen LogP contribution in [0.4, 0.5) is 0 Å². The van der Waals surface area contributed by atoms with Gasteiger partial charge in [0.1, 0.15) is 36.0 Å². The summed E-state index contributed by atoms with van der Waals surface area (Å²) in [6, 6.07) is 10.6. The molecule has 0 aliphatic carbocycles. The van der Waals surface area contributed by atoms with Gasteiger partial charge in [-0.25, -0.2) is 4.79 Å². The van der Waals surface area contributed by atoms with Gasteiger partial charge in [0.05, 0.1) is 7.11 Å². The average molecular weight is 316 g/mol. The molecular formula is C18H20O5. The first-order valence-corrected chi connectivity index (χ1v) is 7.25. The minimum absolute atomic E-state index is 0.0949. The minimum Gasteiger partial charge on any atom is -0.497 e. The molecular weight excluding hydrogens is 296 g/mol. The van der Waals surface area contributed by atoms with Crippen LogP contribution < -0.4 is 14.2 Å². The number of hydrogen-bond acceptors (Lipinski definition) is 4. The zero-order valence-corrected chi connectivity index (χ0v) is 13.5. The topological polar surface area (TPSA) is 65.0 Å². The fraction of sp³-hybridized carbons (Fsp3) is 0.278. The van der Waals surface area contributed by atoms with Gasteiger partial charge in [0, 0.05) is 6.07 Å². The van der Waals surface area contributed by atoms with E-state index in [1.807, 2.05) is 32.0 Å². The van der Waals surface area contributed by atoms with Crippen LogP contribution >= 0.6 is 0 Å². The normalized spacial score (nSPS) is 10.2. The lowest BCUT2D eigenvalue weighted by Gasteiger charge is -2.13. The molecule has 2 aromatic carbocycles. The van der Waals surface area contributed by atoms with Gasteiger partial charge in [-0.2, -0.15) is 0 Å². The molecule has 23 heavy (non-hydrogen) atoms. The molecule has 1 N–H and O–H groups in total. The molecule has 0 atom stereocenters. The smallest absolute Gasteiger partial charge is 0.339 e. The Morgan fingerprint density at radius 2 is 1.70 bits per heavy atom. The molecule has 0 radical (unpaired) electrons. The number of aromatic carboxylic acids is 1. The SMILES string of the molecule is COc1ccc(C(=O)O)c(OCCOc2cc(C)ccc2C)c1. The number of carboxylic acids is 1. The third-order valence-electron chi connectivity index (χ3n) is 3.36. The molecule has 0 saturated heterocycles. The first-order chi connectivity index (χ1) is 11.0. The molecule has 0 heterocycles. The highest BCUT2D eigenvalue weighted by Crippen LogP contribution is 2.25. The van der Waals surface area contributed by atoms with E-state index in [4.69, 9.17) is 14.2 Å². The van der Waals surface area contributed by atoms with Crippen LogP contribution in [0.15, 0.2) is 36.4 Å². The monoisotopic (exact) mass is 316 g/mol. The molecule has 0 saturated carbocycles. The van der Waals surface area contributed by atoms with E-state index < -0.39 is 5.97 Å². The van der Waals surface area contributed by atoms with Crippen molar-refractivity contribution in [3.63, 3.8) is 0 Å². The maximum Gasteiger partial charge on any atom is 0.339 e. The number of aryl methyl sites for hydroxylation is 2. The fourth-order valence-electron chi connectivity index (χ4n) is 2.09. The Bertz CT molecular complexity index is 694. The van der Waals surface area contributed by atoms with Gasteiger partial charge in [-0.3, -0.25) is 0 Å². The van der Waals surface area contributed by atoms with Gasteiger partial charge in [-0.05, 0) is 43.2 Å². The number of hydrogen-bond donors (Lipinski definition) is 1. The molecule has 0 aliphatic heterocycles. The molecule has 0 unspecified atom stereocenters. The van der Waals surface area contributed by atoms with Crippen molar-refractivity contribution in [2.75, 3.05) is 20.3 Å². The first kappa shape index (κ1) is 16.7. The van der Waals surface area contributed by atoms with Crippen LogP contribution in [-0.2, 0) is 0 Å².